The lowest BCUT2D eigenvalue weighted by Gasteiger charge is -2.26. The van der Waals surface area contributed by atoms with E-state index >= 15 is 0 Å². The van der Waals surface area contributed by atoms with E-state index in [0.29, 0.717) is 22.2 Å². The minimum Gasteiger partial charge on any atom is -0.299 e. The number of ketones is 1. The van der Waals surface area contributed by atoms with E-state index < -0.39 is 0 Å². The van der Waals surface area contributed by atoms with Crippen molar-refractivity contribution >= 4 is 29.0 Å². The smallest absolute Gasteiger partial charge is 0.140 e. The van der Waals surface area contributed by atoms with E-state index in [-0.39, 0.29) is 5.92 Å². The molecule has 0 heterocycles. The van der Waals surface area contributed by atoms with Gasteiger partial charge in [0.2, 0.25) is 0 Å². The molecule has 0 aromatic heterocycles. The SMILES string of the molecule is CCC1CCC(C(=O)Cc2cccc(Cl)c2Cl)CC1. The highest BCUT2D eigenvalue weighted by Crippen LogP contribution is 2.33. The van der Waals surface area contributed by atoms with Gasteiger partial charge in [0.05, 0.1) is 10.0 Å². The van der Waals surface area contributed by atoms with Crippen LogP contribution in [0.4, 0.5) is 0 Å². The highest BCUT2D eigenvalue weighted by molar-refractivity contribution is 6.42. The van der Waals surface area contributed by atoms with Gasteiger partial charge in [-0.1, -0.05) is 48.7 Å². The Labute approximate surface area is 125 Å². The van der Waals surface area contributed by atoms with E-state index in [2.05, 4.69) is 6.92 Å². The van der Waals surface area contributed by atoms with Gasteiger partial charge in [-0.2, -0.15) is 0 Å². The van der Waals surface area contributed by atoms with E-state index in [1.165, 1.54) is 19.3 Å². The van der Waals surface area contributed by atoms with E-state index in [1.54, 1.807) is 6.07 Å². The van der Waals surface area contributed by atoms with Gasteiger partial charge in [0.15, 0.2) is 0 Å². The summed E-state index contributed by atoms with van der Waals surface area (Å²) >= 11 is 12.1. The fraction of sp³-hybridized carbons (Fsp3) is 0.562. The molecule has 1 aromatic carbocycles. The second-order valence-corrected chi connectivity index (χ2v) is 6.27. The molecular formula is C16H20Cl2O. The van der Waals surface area contributed by atoms with E-state index in [4.69, 9.17) is 23.2 Å². The van der Waals surface area contributed by atoms with Gasteiger partial charge in [-0.15, -0.1) is 0 Å². The number of halogens is 2. The summed E-state index contributed by atoms with van der Waals surface area (Å²) in [5.74, 6) is 1.36. The van der Waals surface area contributed by atoms with Crippen molar-refractivity contribution in [3.63, 3.8) is 0 Å². The first-order valence-electron chi connectivity index (χ1n) is 7.07. The number of carbonyl (C=O) groups excluding carboxylic acids is 1. The molecule has 2 rings (SSSR count). The minimum absolute atomic E-state index is 0.220. The van der Waals surface area contributed by atoms with Crippen molar-refractivity contribution in [2.75, 3.05) is 0 Å². The predicted octanol–water partition coefficient (Wildman–Crippen LogP) is 5.32. The lowest BCUT2D eigenvalue weighted by atomic mass is 9.78. The molecule has 0 N–H and O–H groups in total. The van der Waals surface area contributed by atoms with Crippen LogP contribution < -0.4 is 0 Å². The van der Waals surface area contributed by atoms with Gasteiger partial charge in [0.25, 0.3) is 0 Å². The Morgan fingerprint density at radius 2 is 1.89 bits per heavy atom. The first-order valence-corrected chi connectivity index (χ1v) is 7.83. The standard InChI is InChI=1S/C16H20Cl2O/c1-2-11-6-8-12(9-7-11)15(19)10-13-4-3-5-14(17)16(13)18/h3-5,11-12H,2,6-10H2,1H3. The molecule has 1 nitrogen and oxygen atoms in total. The zero-order valence-corrected chi connectivity index (χ0v) is 12.8. The van der Waals surface area contributed by atoms with Crippen LogP contribution in [0.5, 0.6) is 0 Å². The molecular weight excluding hydrogens is 279 g/mol. The van der Waals surface area contributed by atoms with Crippen LogP contribution >= 0.6 is 23.2 Å². The van der Waals surface area contributed by atoms with Crippen molar-refractivity contribution in [1.29, 1.82) is 0 Å². The quantitative estimate of drug-likeness (QED) is 0.735. The molecule has 1 aliphatic carbocycles. The van der Waals surface area contributed by atoms with Gasteiger partial charge in [-0.3, -0.25) is 4.79 Å². The zero-order chi connectivity index (χ0) is 13.8. The van der Waals surface area contributed by atoms with E-state index in [9.17, 15) is 4.79 Å². The molecule has 0 bridgehead atoms. The second kappa shape index (κ2) is 6.76. The maximum Gasteiger partial charge on any atom is 0.140 e. The van der Waals surface area contributed by atoms with Crippen LogP contribution in [0.2, 0.25) is 10.0 Å². The number of benzene rings is 1. The van der Waals surface area contributed by atoms with Crippen molar-refractivity contribution in [1.82, 2.24) is 0 Å². The van der Waals surface area contributed by atoms with Crippen LogP contribution in [0, 0.1) is 11.8 Å². The fourth-order valence-electron chi connectivity index (χ4n) is 2.91. The summed E-state index contributed by atoms with van der Waals surface area (Å²) in [6.07, 6.45) is 6.11. The van der Waals surface area contributed by atoms with Crippen LogP contribution in [0.3, 0.4) is 0 Å². The first kappa shape index (κ1) is 14.9. The number of hydrogen-bond acceptors (Lipinski definition) is 1. The van der Waals surface area contributed by atoms with Gasteiger partial charge in [0.1, 0.15) is 5.78 Å². The molecule has 19 heavy (non-hydrogen) atoms. The third-order valence-electron chi connectivity index (χ3n) is 4.28. The Morgan fingerprint density at radius 1 is 1.21 bits per heavy atom. The molecule has 0 saturated heterocycles. The maximum atomic E-state index is 12.3. The summed E-state index contributed by atoms with van der Waals surface area (Å²) < 4.78 is 0. The highest BCUT2D eigenvalue weighted by atomic mass is 35.5. The normalized spacial score (nSPS) is 23.3. The molecule has 0 spiro atoms. The second-order valence-electron chi connectivity index (χ2n) is 5.48. The van der Waals surface area contributed by atoms with Crippen LogP contribution in [0.15, 0.2) is 18.2 Å². The van der Waals surface area contributed by atoms with E-state index in [0.717, 1.165) is 24.3 Å². The summed E-state index contributed by atoms with van der Waals surface area (Å²) in [5.41, 5.74) is 0.858. The Hall–Kier alpha value is -0.530. The summed E-state index contributed by atoms with van der Waals surface area (Å²) in [4.78, 5) is 12.3. The monoisotopic (exact) mass is 298 g/mol. The summed E-state index contributed by atoms with van der Waals surface area (Å²) in [6, 6.07) is 5.50. The van der Waals surface area contributed by atoms with Crippen LogP contribution in [0.1, 0.15) is 44.6 Å². The third-order valence-corrected chi connectivity index (χ3v) is 5.13. The van der Waals surface area contributed by atoms with Crippen molar-refractivity contribution in [2.24, 2.45) is 11.8 Å². The predicted molar refractivity (Wildman–Crippen MR) is 80.9 cm³/mol. The van der Waals surface area contributed by atoms with Gasteiger partial charge >= 0.3 is 0 Å². The molecule has 0 radical (unpaired) electrons. The van der Waals surface area contributed by atoms with Crippen LogP contribution in [0.25, 0.3) is 0 Å². The summed E-state index contributed by atoms with van der Waals surface area (Å²) in [6.45, 7) is 2.23. The lowest BCUT2D eigenvalue weighted by molar-refractivity contribution is -0.123. The number of rotatable bonds is 4. The van der Waals surface area contributed by atoms with Crippen LogP contribution in [-0.4, -0.2) is 5.78 Å². The molecule has 3 heteroatoms. The van der Waals surface area contributed by atoms with Gasteiger partial charge in [-0.25, -0.2) is 0 Å². The van der Waals surface area contributed by atoms with Crippen LogP contribution in [-0.2, 0) is 11.2 Å². The highest BCUT2D eigenvalue weighted by Gasteiger charge is 2.25. The van der Waals surface area contributed by atoms with E-state index in [1.807, 2.05) is 12.1 Å². The third kappa shape index (κ3) is 3.73. The Bertz CT molecular complexity index is 448. The molecule has 0 amide bonds. The average molecular weight is 299 g/mol. The number of carbonyl (C=O) groups is 1. The Morgan fingerprint density at radius 3 is 2.53 bits per heavy atom. The number of hydrogen-bond donors (Lipinski definition) is 0. The molecule has 0 atom stereocenters. The molecule has 1 aromatic rings. The maximum absolute atomic E-state index is 12.3. The zero-order valence-electron chi connectivity index (χ0n) is 11.3. The van der Waals surface area contributed by atoms with Crippen molar-refractivity contribution in [2.45, 2.75) is 45.4 Å². The van der Waals surface area contributed by atoms with Crippen molar-refractivity contribution in [3.05, 3.63) is 33.8 Å². The largest absolute Gasteiger partial charge is 0.299 e. The first-order chi connectivity index (χ1) is 9.11. The van der Waals surface area contributed by atoms with Gasteiger partial charge in [-0.05, 0) is 43.2 Å². The summed E-state index contributed by atoms with van der Waals surface area (Å²) in [7, 11) is 0. The molecule has 0 aliphatic heterocycles. The molecule has 1 saturated carbocycles. The Balaban J connectivity index is 1.96. The molecule has 104 valence electrons. The van der Waals surface area contributed by atoms with Gasteiger partial charge < -0.3 is 0 Å². The topological polar surface area (TPSA) is 17.1 Å². The van der Waals surface area contributed by atoms with Crippen molar-refractivity contribution < 1.29 is 4.79 Å². The van der Waals surface area contributed by atoms with Gasteiger partial charge in [0, 0.05) is 12.3 Å². The molecule has 0 unspecified atom stereocenters. The number of Topliss-reactive ketones (excluding diaryl/α,β-unsaturated/α-hetero) is 1. The average Bonchev–Trinajstić information content (AvgIpc) is 2.44. The lowest BCUT2D eigenvalue weighted by Crippen LogP contribution is -2.23. The minimum atomic E-state index is 0.220. The molecule has 1 aliphatic rings. The Kier molecular flexibility index (Phi) is 5.29. The fourth-order valence-corrected chi connectivity index (χ4v) is 3.30. The summed E-state index contributed by atoms with van der Waals surface area (Å²) in [5, 5.41) is 1.06. The van der Waals surface area contributed by atoms with Crippen molar-refractivity contribution in [3.8, 4) is 0 Å². The molecule has 1 fully saturated rings.